The molecule has 34 heavy (non-hydrogen) atoms. The Kier molecular flexibility index (Phi) is 6.39. The van der Waals surface area contributed by atoms with Crippen molar-refractivity contribution in [1.82, 2.24) is 14.3 Å². The van der Waals surface area contributed by atoms with E-state index in [0.29, 0.717) is 22.2 Å². The third-order valence-electron chi connectivity index (χ3n) is 6.02. The quantitative estimate of drug-likeness (QED) is 0.552. The van der Waals surface area contributed by atoms with Crippen LogP contribution >= 0.6 is 12.2 Å². The second-order valence-electron chi connectivity index (χ2n) is 8.50. The Balaban J connectivity index is 1.60. The number of benzene rings is 2. The number of thiocarbonyl (C=S) groups is 1. The van der Waals surface area contributed by atoms with Crippen LogP contribution in [0.5, 0.6) is 0 Å². The van der Waals surface area contributed by atoms with Crippen LogP contribution in [0.3, 0.4) is 0 Å². The van der Waals surface area contributed by atoms with Gasteiger partial charge in [-0.15, -0.1) is 0 Å². The smallest absolute Gasteiger partial charge is 0.295 e. The monoisotopic (exact) mass is 477 g/mol. The van der Waals surface area contributed by atoms with E-state index in [2.05, 4.69) is 5.32 Å². The lowest BCUT2D eigenvalue weighted by Gasteiger charge is -2.27. The average Bonchev–Trinajstić information content (AvgIpc) is 3.18. The summed E-state index contributed by atoms with van der Waals surface area (Å²) in [5, 5.41) is 3.12. The van der Waals surface area contributed by atoms with E-state index in [9.17, 15) is 14.4 Å². The molecule has 0 unspecified atom stereocenters. The van der Waals surface area contributed by atoms with Gasteiger partial charge in [0.1, 0.15) is 11.7 Å². The fourth-order valence-electron chi connectivity index (χ4n) is 4.27. The molecule has 1 aliphatic heterocycles. The van der Waals surface area contributed by atoms with E-state index >= 15 is 0 Å². The second kappa shape index (κ2) is 9.26. The normalized spacial score (nSPS) is 16.0. The van der Waals surface area contributed by atoms with Crippen LogP contribution in [0.4, 0.5) is 11.4 Å². The predicted octanol–water partition coefficient (Wildman–Crippen LogP) is 3.22. The van der Waals surface area contributed by atoms with Gasteiger partial charge in [0.25, 0.3) is 11.5 Å². The van der Waals surface area contributed by atoms with Gasteiger partial charge < -0.3 is 10.2 Å². The Morgan fingerprint density at radius 3 is 2.12 bits per heavy atom. The maximum absolute atomic E-state index is 13.3. The van der Waals surface area contributed by atoms with Gasteiger partial charge in [-0.3, -0.25) is 24.0 Å². The Labute approximate surface area is 203 Å². The van der Waals surface area contributed by atoms with E-state index in [1.807, 2.05) is 74.5 Å². The fraction of sp³-hybridized carbons (Fsp3) is 0.280. The van der Waals surface area contributed by atoms with Crippen molar-refractivity contribution in [2.24, 2.45) is 7.05 Å². The first-order chi connectivity index (χ1) is 16.2. The summed E-state index contributed by atoms with van der Waals surface area (Å²) in [5.74, 6) is -0.681. The molecule has 1 aliphatic rings. The van der Waals surface area contributed by atoms with Crippen molar-refractivity contribution in [2.75, 3.05) is 10.2 Å². The van der Waals surface area contributed by atoms with Gasteiger partial charge in [0.2, 0.25) is 5.91 Å². The molecular weight excluding hydrogens is 450 g/mol. The predicted molar refractivity (Wildman–Crippen MR) is 136 cm³/mol. The molecule has 1 fully saturated rings. The molecule has 0 saturated carbocycles. The van der Waals surface area contributed by atoms with Gasteiger partial charge in [-0.2, -0.15) is 0 Å². The number of nitrogens with one attached hydrogen (secondary N) is 1. The highest BCUT2D eigenvalue weighted by atomic mass is 32.1. The Bertz CT molecular complexity index is 1300. The zero-order valence-corrected chi connectivity index (χ0v) is 20.4. The van der Waals surface area contributed by atoms with Gasteiger partial charge in [-0.1, -0.05) is 36.4 Å². The van der Waals surface area contributed by atoms with Crippen molar-refractivity contribution < 1.29 is 9.59 Å². The average molecular weight is 478 g/mol. The van der Waals surface area contributed by atoms with E-state index in [0.717, 1.165) is 0 Å². The number of rotatable bonds is 6. The number of carbonyl (C=O) groups is 2. The maximum Gasteiger partial charge on any atom is 0.295 e. The van der Waals surface area contributed by atoms with Crippen LogP contribution < -0.4 is 15.8 Å². The summed E-state index contributed by atoms with van der Waals surface area (Å²) in [6.07, 6.45) is -0.125. The highest BCUT2D eigenvalue weighted by molar-refractivity contribution is 7.80. The van der Waals surface area contributed by atoms with Gasteiger partial charge >= 0.3 is 0 Å². The summed E-state index contributed by atoms with van der Waals surface area (Å²) in [7, 11) is 1.76. The lowest BCUT2D eigenvalue weighted by molar-refractivity contribution is -0.124. The van der Waals surface area contributed by atoms with Crippen molar-refractivity contribution >= 4 is 40.5 Å². The van der Waals surface area contributed by atoms with Crippen LogP contribution in [0.1, 0.15) is 26.0 Å². The van der Waals surface area contributed by atoms with Gasteiger partial charge in [0.15, 0.2) is 5.11 Å². The minimum atomic E-state index is -0.756. The van der Waals surface area contributed by atoms with E-state index in [-0.39, 0.29) is 29.6 Å². The summed E-state index contributed by atoms with van der Waals surface area (Å²) in [5.41, 5.74) is 1.83. The number of nitrogens with zero attached hydrogens (tertiary/aromatic N) is 4. The van der Waals surface area contributed by atoms with E-state index in [1.165, 1.54) is 9.58 Å². The number of hydrogen-bond donors (Lipinski definition) is 1. The lowest BCUT2D eigenvalue weighted by atomic mass is 10.1. The van der Waals surface area contributed by atoms with Crippen LogP contribution in [-0.4, -0.2) is 43.3 Å². The van der Waals surface area contributed by atoms with Gasteiger partial charge in [0, 0.05) is 13.1 Å². The number of hydrogen-bond acceptors (Lipinski definition) is 4. The number of aromatic nitrogens is 2. The SMILES string of the molecule is Cc1c(NC(=O)C[C@@H]2C(=O)N(c3ccccc3)C(=S)N2C(C)C)c(=O)n(-c2ccccc2)n1C. The largest absolute Gasteiger partial charge is 0.333 e. The van der Waals surface area contributed by atoms with Crippen LogP contribution in [0.15, 0.2) is 65.5 Å². The zero-order valence-electron chi connectivity index (χ0n) is 19.6. The standard InChI is InChI=1S/C25H27N5O3S/c1-16(2)28-20(23(32)29(25(28)34)18-11-7-5-8-12-18)15-21(31)26-22-17(3)27(4)30(24(22)33)19-13-9-6-10-14-19/h5-14,16,20H,15H2,1-4H3,(H,26,31)/t20-/m1/s1. The summed E-state index contributed by atoms with van der Waals surface area (Å²) < 4.78 is 3.19. The number of anilines is 2. The minimum Gasteiger partial charge on any atom is -0.333 e. The zero-order chi connectivity index (χ0) is 24.6. The maximum atomic E-state index is 13.3. The summed E-state index contributed by atoms with van der Waals surface area (Å²) in [6, 6.07) is 17.5. The molecule has 0 spiro atoms. The third-order valence-corrected chi connectivity index (χ3v) is 6.41. The summed E-state index contributed by atoms with van der Waals surface area (Å²) in [6.45, 7) is 5.63. The fourth-order valence-corrected chi connectivity index (χ4v) is 4.80. The van der Waals surface area contributed by atoms with Crippen molar-refractivity contribution in [3.8, 4) is 5.69 Å². The van der Waals surface area contributed by atoms with Crippen molar-refractivity contribution in [3.05, 3.63) is 76.7 Å². The number of amides is 2. The highest BCUT2D eigenvalue weighted by Crippen LogP contribution is 2.29. The molecule has 176 valence electrons. The van der Waals surface area contributed by atoms with E-state index in [1.54, 1.807) is 23.6 Å². The molecule has 3 aromatic rings. The van der Waals surface area contributed by atoms with Gasteiger partial charge in [-0.25, -0.2) is 4.68 Å². The van der Waals surface area contributed by atoms with Crippen LogP contribution in [0, 0.1) is 6.92 Å². The first-order valence-corrected chi connectivity index (χ1v) is 11.5. The molecule has 8 nitrogen and oxygen atoms in total. The molecular formula is C25H27N5O3S. The topological polar surface area (TPSA) is 79.6 Å². The molecule has 1 atom stereocenters. The lowest BCUT2D eigenvalue weighted by Crippen LogP contribution is -2.42. The molecule has 2 aromatic carbocycles. The third kappa shape index (κ3) is 4.03. The van der Waals surface area contributed by atoms with Gasteiger partial charge in [0.05, 0.1) is 23.5 Å². The molecule has 2 amide bonds. The second-order valence-corrected chi connectivity index (χ2v) is 8.86. The van der Waals surface area contributed by atoms with Gasteiger partial charge in [-0.05, 0) is 57.3 Å². The van der Waals surface area contributed by atoms with Crippen molar-refractivity contribution in [1.29, 1.82) is 0 Å². The first kappa shape index (κ1) is 23.4. The van der Waals surface area contributed by atoms with Crippen LogP contribution in [0.2, 0.25) is 0 Å². The molecule has 1 aromatic heterocycles. The van der Waals surface area contributed by atoms with E-state index < -0.39 is 11.9 Å². The molecule has 0 radical (unpaired) electrons. The summed E-state index contributed by atoms with van der Waals surface area (Å²) >= 11 is 5.62. The Hall–Kier alpha value is -3.72. The molecule has 9 heteroatoms. The number of para-hydroxylation sites is 2. The molecule has 2 heterocycles. The Morgan fingerprint density at radius 2 is 1.56 bits per heavy atom. The molecule has 1 N–H and O–H groups in total. The molecule has 4 rings (SSSR count). The van der Waals surface area contributed by atoms with E-state index in [4.69, 9.17) is 12.2 Å². The number of carbonyl (C=O) groups excluding carboxylic acids is 2. The van der Waals surface area contributed by atoms with Crippen LogP contribution in [0.25, 0.3) is 5.69 Å². The Morgan fingerprint density at radius 1 is 1.00 bits per heavy atom. The first-order valence-electron chi connectivity index (χ1n) is 11.1. The molecule has 0 aliphatic carbocycles. The van der Waals surface area contributed by atoms with Crippen LogP contribution in [-0.2, 0) is 16.6 Å². The summed E-state index contributed by atoms with van der Waals surface area (Å²) in [4.78, 5) is 42.8. The minimum absolute atomic E-state index is 0.0864. The van der Waals surface area contributed by atoms with Crippen molar-refractivity contribution in [2.45, 2.75) is 39.3 Å². The highest BCUT2D eigenvalue weighted by Gasteiger charge is 2.45. The molecule has 0 bridgehead atoms. The van der Waals surface area contributed by atoms with Crippen molar-refractivity contribution in [3.63, 3.8) is 0 Å². The molecule has 1 saturated heterocycles.